The fourth-order valence-corrected chi connectivity index (χ4v) is 3.19. The van der Waals surface area contributed by atoms with Gasteiger partial charge in [0.25, 0.3) is 0 Å². The summed E-state index contributed by atoms with van der Waals surface area (Å²) in [7, 11) is 4.48. The van der Waals surface area contributed by atoms with Crippen LogP contribution in [-0.2, 0) is 6.42 Å². The Labute approximate surface area is 136 Å². The van der Waals surface area contributed by atoms with Crippen LogP contribution in [0.3, 0.4) is 0 Å². The molecular formula is C21H30N+. The molecule has 0 bridgehead atoms. The molecule has 0 amide bonds. The van der Waals surface area contributed by atoms with Crippen molar-refractivity contribution in [1.82, 2.24) is 0 Å². The SMILES string of the molecule is C[C@H](CCC[NH+](C)C)[C@@H](Cc1ccccc1)c1ccccc1. The third-order valence-corrected chi connectivity index (χ3v) is 4.55. The monoisotopic (exact) mass is 296 g/mol. The van der Waals surface area contributed by atoms with Crippen molar-refractivity contribution in [3.63, 3.8) is 0 Å². The molecule has 0 aromatic heterocycles. The summed E-state index contributed by atoms with van der Waals surface area (Å²) in [5, 5.41) is 0. The molecule has 0 unspecified atom stereocenters. The maximum Gasteiger partial charge on any atom is 0.0766 e. The van der Waals surface area contributed by atoms with Gasteiger partial charge in [0.05, 0.1) is 20.6 Å². The van der Waals surface area contributed by atoms with Crippen LogP contribution in [0.25, 0.3) is 0 Å². The summed E-state index contributed by atoms with van der Waals surface area (Å²) >= 11 is 0. The first kappa shape index (κ1) is 16.8. The van der Waals surface area contributed by atoms with Crippen LogP contribution in [-0.4, -0.2) is 20.6 Å². The van der Waals surface area contributed by atoms with Gasteiger partial charge in [-0.2, -0.15) is 0 Å². The highest BCUT2D eigenvalue weighted by Gasteiger charge is 2.19. The first-order chi connectivity index (χ1) is 10.7. The number of hydrogen-bond donors (Lipinski definition) is 1. The molecule has 2 rings (SSSR count). The lowest BCUT2D eigenvalue weighted by atomic mass is 9.80. The molecule has 2 aromatic carbocycles. The summed E-state index contributed by atoms with van der Waals surface area (Å²) in [6.45, 7) is 3.68. The van der Waals surface area contributed by atoms with Crippen LogP contribution >= 0.6 is 0 Å². The number of quaternary nitrogens is 1. The van der Waals surface area contributed by atoms with E-state index in [0.29, 0.717) is 11.8 Å². The summed E-state index contributed by atoms with van der Waals surface area (Å²) in [5.74, 6) is 1.32. The minimum Gasteiger partial charge on any atom is -0.340 e. The largest absolute Gasteiger partial charge is 0.340 e. The van der Waals surface area contributed by atoms with Crippen molar-refractivity contribution in [2.45, 2.75) is 32.1 Å². The molecule has 2 atom stereocenters. The van der Waals surface area contributed by atoms with Crippen molar-refractivity contribution in [3.05, 3.63) is 71.8 Å². The van der Waals surface area contributed by atoms with Gasteiger partial charge in [-0.25, -0.2) is 0 Å². The second-order valence-electron chi connectivity index (χ2n) is 6.78. The van der Waals surface area contributed by atoms with Gasteiger partial charge in [-0.05, 0) is 42.2 Å². The Morgan fingerprint density at radius 2 is 1.45 bits per heavy atom. The van der Waals surface area contributed by atoms with Gasteiger partial charge in [0.15, 0.2) is 0 Å². The fourth-order valence-electron chi connectivity index (χ4n) is 3.19. The van der Waals surface area contributed by atoms with Gasteiger partial charge in [0.1, 0.15) is 0 Å². The molecule has 2 aromatic rings. The van der Waals surface area contributed by atoms with E-state index >= 15 is 0 Å². The van der Waals surface area contributed by atoms with E-state index in [4.69, 9.17) is 0 Å². The van der Waals surface area contributed by atoms with Gasteiger partial charge in [0.2, 0.25) is 0 Å². The van der Waals surface area contributed by atoms with Crippen molar-refractivity contribution in [2.75, 3.05) is 20.6 Å². The Hall–Kier alpha value is -1.60. The van der Waals surface area contributed by atoms with Gasteiger partial charge >= 0.3 is 0 Å². The lowest BCUT2D eigenvalue weighted by molar-refractivity contribution is -0.858. The zero-order valence-electron chi connectivity index (χ0n) is 14.3. The van der Waals surface area contributed by atoms with E-state index in [1.54, 1.807) is 4.90 Å². The first-order valence-electron chi connectivity index (χ1n) is 8.54. The summed E-state index contributed by atoms with van der Waals surface area (Å²) in [6.07, 6.45) is 3.75. The molecule has 0 spiro atoms. The summed E-state index contributed by atoms with van der Waals surface area (Å²) in [4.78, 5) is 1.55. The molecule has 0 aliphatic heterocycles. The maximum atomic E-state index is 2.42. The highest BCUT2D eigenvalue weighted by atomic mass is 15.0. The van der Waals surface area contributed by atoms with E-state index in [1.165, 1.54) is 30.5 Å². The summed E-state index contributed by atoms with van der Waals surface area (Å²) in [6, 6.07) is 22.0. The van der Waals surface area contributed by atoms with Gasteiger partial charge in [0, 0.05) is 0 Å². The van der Waals surface area contributed by atoms with Gasteiger partial charge < -0.3 is 4.90 Å². The van der Waals surface area contributed by atoms with Crippen molar-refractivity contribution < 1.29 is 4.90 Å². The third kappa shape index (κ3) is 5.31. The number of rotatable bonds is 8. The van der Waals surface area contributed by atoms with E-state index in [-0.39, 0.29) is 0 Å². The van der Waals surface area contributed by atoms with Crippen LogP contribution in [0.1, 0.15) is 36.8 Å². The summed E-state index contributed by atoms with van der Waals surface area (Å²) < 4.78 is 0. The molecule has 1 N–H and O–H groups in total. The van der Waals surface area contributed by atoms with Crippen molar-refractivity contribution >= 4 is 0 Å². The molecule has 1 nitrogen and oxygen atoms in total. The quantitative estimate of drug-likeness (QED) is 0.759. The van der Waals surface area contributed by atoms with Crippen molar-refractivity contribution in [1.29, 1.82) is 0 Å². The molecular weight excluding hydrogens is 266 g/mol. The van der Waals surface area contributed by atoms with Crippen LogP contribution in [0.15, 0.2) is 60.7 Å². The van der Waals surface area contributed by atoms with Crippen LogP contribution in [0, 0.1) is 5.92 Å². The minimum absolute atomic E-state index is 0.612. The van der Waals surface area contributed by atoms with E-state index in [9.17, 15) is 0 Å². The van der Waals surface area contributed by atoms with Crippen LogP contribution in [0.2, 0.25) is 0 Å². The molecule has 0 heterocycles. The second-order valence-corrected chi connectivity index (χ2v) is 6.78. The maximum absolute atomic E-state index is 2.42. The molecule has 0 radical (unpaired) electrons. The highest BCUT2D eigenvalue weighted by molar-refractivity contribution is 5.24. The number of hydrogen-bond acceptors (Lipinski definition) is 0. The predicted molar refractivity (Wildman–Crippen MR) is 95.4 cm³/mol. The molecule has 0 saturated carbocycles. The standard InChI is InChI=1S/C21H29N/c1-18(11-10-16-22(2)3)21(20-14-8-5-9-15-20)17-19-12-6-4-7-13-19/h4-9,12-15,18,21H,10-11,16-17H2,1-3H3/p+1/t18-,21-/m1/s1. The first-order valence-corrected chi connectivity index (χ1v) is 8.54. The zero-order chi connectivity index (χ0) is 15.8. The molecule has 1 heteroatoms. The Balaban J connectivity index is 2.08. The molecule has 22 heavy (non-hydrogen) atoms. The number of nitrogens with one attached hydrogen (secondary N) is 1. The minimum atomic E-state index is 0.612. The van der Waals surface area contributed by atoms with Gasteiger partial charge in [-0.3, -0.25) is 0 Å². The third-order valence-electron chi connectivity index (χ3n) is 4.55. The van der Waals surface area contributed by atoms with Gasteiger partial charge in [-0.15, -0.1) is 0 Å². The summed E-state index contributed by atoms with van der Waals surface area (Å²) in [5.41, 5.74) is 2.93. The second kappa shape index (κ2) is 8.75. The smallest absolute Gasteiger partial charge is 0.0766 e. The fraction of sp³-hybridized carbons (Fsp3) is 0.429. The van der Waals surface area contributed by atoms with Crippen LogP contribution in [0.4, 0.5) is 0 Å². The normalized spacial score (nSPS) is 14.0. The van der Waals surface area contributed by atoms with Crippen molar-refractivity contribution in [2.24, 2.45) is 5.92 Å². The Morgan fingerprint density at radius 1 is 0.864 bits per heavy atom. The van der Waals surface area contributed by atoms with E-state index in [2.05, 4.69) is 81.7 Å². The van der Waals surface area contributed by atoms with E-state index in [1.807, 2.05) is 0 Å². The lowest BCUT2D eigenvalue weighted by Gasteiger charge is -2.25. The zero-order valence-corrected chi connectivity index (χ0v) is 14.3. The van der Waals surface area contributed by atoms with Gasteiger partial charge in [-0.1, -0.05) is 67.6 Å². The average molecular weight is 296 g/mol. The number of benzene rings is 2. The Bertz CT molecular complexity index is 518. The van der Waals surface area contributed by atoms with E-state index < -0.39 is 0 Å². The molecule has 0 fully saturated rings. The molecule has 0 aliphatic rings. The Kier molecular flexibility index (Phi) is 6.67. The topological polar surface area (TPSA) is 4.44 Å². The Morgan fingerprint density at radius 3 is 2.05 bits per heavy atom. The lowest BCUT2D eigenvalue weighted by Crippen LogP contribution is -3.05. The molecule has 0 saturated heterocycles. The highest BCUT2D eigenvalue weighted by Crippen LogP contribution is 2.31. The predicted octanol–water partition coefficient (Wildman–Crippen LogP) is 3.57. The van der Waals surface area contributed by atoms with E-state index in [0.717, 1.165) is 6.42 Å². The van der Waals surface area contributed by atoms with Crippen LogP contribution in [0.5, 0.6) is 0 Å². The average Bonchev–Trinajstić information content (AvgIpc) is 2.54. The van der Waals surface area contributed by atoms with Crippen LogP contribution < -0.4 is 4.90 Å². The van der Waals surface area contributed by atoms with Crippen molar-refractivity contribution in [3.8, 4) is 0 Å². The molecule has 0 aliphatic carbocycles. The molecule has 118 valence electrons.